The molecule has 152 valence electrons. The van der Waals surface area contributed by atoms with Gasteiger partial charge in [-0.1, -0.05) is 18.2 Å². The number of likely N-dealkylation sites (tertiary alicyclic amines) is 1. The lowest BCUT2D eigenvalue weighted by atomic mass is 9.82. The van der Waals surface area contributed by atoms with E-state index in [2.05, 4.69) is 18.3 Å². The summed E-state index contributed by atoms with van der Waals surface area (Å²) in [5.41, 5.74) is 3.07. The molecule has 0 radical (unpaired) electrons. The Morgan fingerprint density at radius 1 is 1.14 bits per heavy atom. The van der Waals surface area contributed by atoms with E-state index in [1.54, 1.807) is 0 Å². The SMILES string of the molecule is O=C([C@@H]1C[C@@H]2CC[C@H]1O2)N1CCC2(CC1)OCCc1cn(-c3ccccc3)nc12. The van der Waals surface area contributed by atoms with Crippen molar-refractivity contribution in [1.29, 1.82) is 0 Å². The molecule has 3 atom stereocenters. The molecular weight excluding hydrogens is 366 g/mol. The molecule has 2 aromatic rings. The van der Waals surface area contributed by atoms with E-state index in [4.69, 9.17) is 14.6 Å². The normalized spacial score (nSPS) is 29.9. The Balaban J connectivity index is 1.21. The minimum atomic E-state index is -0.352. The van der Waals surface area contributed by atoms with Crippen molar-refractivity contribution < 1.29 is 14.3 Å². The van der Waals surface area contributed by atoms with Gasteiger partial charge in [-0.25, -0.2) is 4.68 Å². The maximum Gasteiger partial charge on any atom is 0.228 e. The van der Waals surface area contributed by atoms with Gasteiger partial charge in [0.15, 0.2) is 0 Å². The second-order valence-electron chi connectivity index (χ2n) is 8.92. The molecule has 2 bridgehead atoms. The predicted octanol–water partition coefficient (Wildman–Crippen LogP) is 2.83. The number of piperidine rings is 1. The molecule has 1 amide bonds. The second-order valence-corrected chi connectivity index (χ2v) is 8.92. The van der Waals surface area contributed by atoms with Gasteiger partial charge in [0.05, 0.1) is 36.1 Å². The molecule has 6 heteroatoms. The molecule has 1 aromatic carbocycles. The van der Waals surface area contributed by atoms with Crippen molar-refractivity contribution in [2.24, 2.45) is 5.92 Å². The number of amides is 1. The molecule has 0 aliphatic carbocycles. The number of hydrogen-bond donors (Lipinski definition) is 0. The van der Waals surface area contributed by atoms with Gasteiger partial charge in [-0.05, 0) is 56.2 Å². The molecule has 6 nitrogen and oxygen atoms in total. The van der Waals surface area contributed by atoms with E-state index in [0.29, 0.717) is 6.10 Å². The molecule has 4 aliphatic heterocycles. The number of carbonyl (C=O) groups is 1. The molecule has 3 saturated heterocycles. The third kappa shape index (κ3) is 2.84. The number of ether oxygens (including phenoxy) is 2. The zero-order valence-electron chi connectivity index (χ0n) is 16.6. The molecule has 6 rings (SSSR count). The van der Waals surface area contributed by atoms with Gasteiger partial charge in [0, 0.05) is 19.3 Å². The van der Waals surface area contributed by atoms with E-state index < -0.39 is 0 Å². The molecule has 0 N–H and O–H groups in total. The fraction of sp³-hybridized carbons (Fsp3) is 0.565. The predicted molar refractivity (Wildman–Crippen MR) is 107 cm³/mol. The van der Waals surface area contributed by atoms with E-state index >= 15 is 0 Å². The highest BCUT2D eigenvalue weighted by molar-refractivity contribution is 5.80. The number of fused-ring (bicyclic) bond motifs is 4. The number of rotatable bonds is 2. The van der Waals surface area contributed by atoms with Crippen LogP contribution in [0.15, 0.2) is 36.5 Å². The summed E-state index contributed by atoms with van der Waals surface area (Å²) in [5.74, 6) is 0.362. The average molecular weight is 393 g/mol. The number of para-hydroxylation sites is 1. The van der Waals surface area contributed by atoms with Crippen LogP contribution in [-0.4, -0.2) is 52.5 Å². The Bertz CT molecular complexity index is 917. The van der Waals surface area contributed by atoms with Crippen LogP contribution in [0.2, 0.25) is 0 Å². The Kier molecular flexibility index (Phi) is 4.06. The Morgan fingerprint density at radius 2 is 1.97 bits per heavy atom. The molecule has 0 unspecified atom stereocenters. The number of hydrogen-bond acceptors (Lipinski definition) is 4. The highest BCUT2D eigenvalue weighted by Gasteiger charge is 2.48. The summed E-state index contributed by atoms with van der Waals surface area (Å²) in [5, 5.41) is 4.94. The molecule has 29 heavy (non-hydrogen) atoms. The number of benzene rings is 1. The topological polar surface area (TPSA) is 56.6 Å². The van der Waals surface area contributed by atoms with Crippen molar-refractivity contribution in [3.8, 4) is 5.69 Å². The zero-order valence-corrected chi connectivity index (χ0v) is 16.6. The molecule has 1 spiro atoms. The van der Waals surface area contributed by atoms with Crippen LogP contribution in [0.1, 0.15) is 43.4 Å². The van der Waals surface area contributed by atoms with Crippen LogP contribution in [0, 0.1) is 5.92 Å². The van der Waals surface area contributed by atoms with Crippen molar-refractivity contribution >= 4 is 5.91 Å². The van der Waals surface area contributed by atoms with Gasteiger partial charge in [0.1, 0.15) is 5.60 Å². The van der Waals surface area contributed by atoms with Crippen LogP contribution in [0.25, 0.3) is 5.69 Å². The molecule has 1 aromatic heterocycles. The van der Waals surface area contributed by atoms with E-state index in [0.717, 1.165) is 69.6 Å². The summed E-state index contributed by atoms with van der Waals surface area (Å²) in [6.45, 7) is 2.20. The van der Waals surface area contributed by atoms with Crippen molar-refractivity contribution in [1.82, 2.24) is 14.7 Å². The highest BCUT2D eigenvalue weighted by Crippen LogP contribution is 2.43. The first-order valence-electron chi connectivity index (χ1n) is 10.9. The lowest BCUT2D eigenvalue weighted by Gasteiger charge is -2.43. The van der Waals surface area contributed by atoms with Gasteiger partial charge in [-0.15, -0.1) is 0 Å². The molecule has 4 aliphatic rings. The highest BCUT2D eigenvalue weighted by atomic mass is 16.5. The maximum atomic E-state index is 13.1. The van der Waals surface area contributed by atoms with Crippen LogP contribution in [0.3, 0.4) is 0 Å². The van der Waals surface area contributed by atoms with Crippen molar-refractivity contribution in [2.75, 3.05) is 19.7 Å². The minimum absolute atomic E-state index is 0.0722. The number of nitrogens with zero attached hydrogens (tertiary/aromatic N) is 3. The molecule has 0 saturated carbocycles. The Hall–Kier alpha value is -2.18. The maximum absolute atomic E-state index is 13.1. The lowest BCUT2D eigenvalue weighted by Crippen LogP contribution is -2.50. The summed E-state index contributed by atoms with van der Waals surface area (Å²) in [6, 6.07) is 10.2. The Labute approximate surface area is 170 Å². The second kappa shape index (κ2) is 6.67. The van der Waals surface area contributed by atoms with Crippen molar-refractivity contribution in [3.05, 3.63) is 47.8 Å². The first kappa shape index (κ1) is 17.7. The fourth-order valence-corrected chi connectivity index (χ4v) is 5.72. The summed E-state index contributed by atoms with van der Waals surface area (Å²) in [7, 11) is 0. The number of carbonyl (C=O) groups excluding carboxylic acids is 1. The van der Waals surface area contributed by atoms with Crippen LogP contribution in [0.5, 0.6) is 0 Å². The largest absolute Gasteiger partial charge is 0.374 e. The van der Waals surface area contributed by atoms with Gasteiger partial charge in [0.2, 0.25) is 5.91 Å². The molecular formula is C23H27N3O3. The summed E-state index contributed by atoms with van der Waals surface area (Å²) in [4.78, 5) is 15.1. The first-order valence-corrected chi connectivity index (χ1v) is 10.9. The standard InChI is InChI=1S/C23H27N3O3/c27-22(19-14-18-6-7-20(19)29-18)25-11-9-23(10-12-25)21-16(8-13-28-23)15-26(24-21)17-4-2-1-3-5-17/h1-5,15,18-20H,6-14H2/t18-,19+,20+/m0/s1. The summed E-state index contributed by atoms with van der Waals surface area (Å²) < 4.78 is 14.2. The van der Waals surface area contributed by atoms with Crippen LogP contribution < -0.4 is 0 Å². The summed E-state index contributed by atoms with van der Waals surface area (Å²) >= 11 is 0. The van der Waals surface area contributed by atoms with E-state index in [9.17, 15) is 4.79 Å². The van der Waals surface area contributed by atoms with E-state index in [1.807, 2.05) is 27.8 Å². The van der Waals surface area contributed by atoms with Crippen LogP contribution >= 0.6 is 0 Å². The average Bonchev–Trinajstić information content (AvgIpc) is 3.51. The summed E-state index contributed by atoms with van der Waals surface area (Å²) in [6.07, 6.45) is 8.24. The monoisotopic (exact) mass is 393 g/mol. The first-order chi connectivity index (χ1) is 14.2. The zero-order chi connectivity index (χ0) is 19.4. The van der Waals surface area contributed by atoms with Crippen molar-refractivity contribution in [2.45, 2.75) is 56.3 Å². The van der Waals surface area contributed by atoms with Crippen LogP contribution in [-0.2, 0) is 26.3 Å². The van der Waals surface area contributed by atoms with Gasteiger partial charge < -0.3 is 14.4 Å². The fourth-order valence-electron chi connectivity index (χ4n) is 5.72. The van der Waals surface area contributed by atoms with E-state index in [-0.39, 0.29) is 23.5 Å². The van der Waals surface area contributed by atoms with Gasteiger partial charge >= 0.3 is 0 Å². The van der Waals surface area contributed by atoms with Gasteiger partial charge in [-0.3, -0.25) is 4.79 Å². The molecule has 3 fully saturated rings. The molecule has 5 heterocycles. The smallest absolute Gasteiger partial charge is 0.228 e. The van der Waals surface area contributed by atoms with E-state index in [1.165, 1.54) is 5.56 Å². The Morgan fingerprint density at radius 3 is 2.69 bits per heavy atom. The lowest BCUT2D eigenvalue weighted by molar-refractivity contribution is -0.146. The minimum Gasteiger partial charge on any atom is -0.374 e. The third-order valence-corrected chi connectivity index (χ3v) is 7.30. The quantitative estimate of drug-likeness (QED) is 0.787. The van der Waals surface area contributed by atoms with Gasteiger partial charge in [0.25, 0.3) is 0 Å². The third-order valence-electron chi connectivity index (χ3n) is 7.30. The van der Waals surface area contributed by atoms with Crippen molar-refractivity contribution in [3.63, 3.8) is 0 Å². The van der Waals surface area contributed by atoms with Crippen LogP contribution in [0.4, 0.5) is 0 Å². The van der Waals surface area contributed by atoms with Gasteiger partial charge in [-0.2, -0.15) is 5.10 Å². The number of aromatic nitrogens is 2.